The van der Waals surface area contributed by atoms with Gasteiger partial charge in [0.05, 0.1) is 5.69 Å². The van der Waals surface area contributed by atoms with Gasteiger partial charge in [0, 0.05) is 84.9 Å². The van der Waals surface area contributed by atoms with Gasteiger partial charge in [-0.25, -0.2) is 0 Å². The summed E-state index contributed by atoms with van der Waals surface area (Å²) >= 11 is 3.78. The Morgan fingerprint density at radius 2 is 0.445 bits per heavy atom. The Morgan fingerprint density at radius 3 is 0.964 bits per heavy atom. The van der Waals surface area contributed by atoms with Crippen molar-refractivity contribution < 1.29 is 0 Å². The van der Waals surface area contributed by atoms with E-state index in [1.807, 2.05) is 22.7 Å². The lowest BCUT2D eigenvalue weighted by Crippen LogP contribution is -2.10. The topological polar surface area (TPSA) is 6.48 Å². The average molecular weight is 1430 g/mol. The second kappa shape index (κ2) is 26.0. The van der Waals surface area contributed by atoms with E-state index in [0.29, 0.717) is 0 Å². The Morgan fingerprint density at radius 1 is 0.155 bits per heavy atom. The van der Waals surface area contributed by atoms with Crippen LogP contribution in [0.4, 0.5) is 34.1 Å². The zero-order valence-electron chi connectivity index (χ0n) is 59.8. The summed E-state index contributed by atoms with van der Waals surface area (Å²) in [6, 6.07) is 148. The molecule has 23 aromatic rings. The van der Waals surface area contributed by atoms with Crippen LogP contribution in [0.3, 0.4) is 0 Å². The first-order valence-corrected chi connectivity index (χ1v) is 39.4. The molecule has 2 heterocycles. The van der Waals surface area contributed by atoms with Crippen molar-refractivity contribution in [3.05, 3.63) is 400 Å². The molecular weight excluding hydrogens is 1370 g/mol. The number of rotatable bonds is 9. The van der Waals surface area contributed by atoms with Crippen LogP contribution in [0.25, 0.3) is 181 Å². The van der Waals surface area contributed by atoms with Gasteiger partial charge < -0.3 is 9.80 Å². The summed E-state index contributed by atoms with van der Waals surface area (Å²) in [5, 5.41) is 30.6. The zero-order valence-corrected chi connectivity index (χ0v) is 61.4. The van der Waals surface area contributed by atoms with Crippen molar-refractivity contribution in [2.24, 2.45) is 0 Å². The van der Waals surface area contributed by atoms with Gasteiger partial charge in [-0.05, 0) is 216 Å². The summed E-state index contributed by atoms with van der Waals surface area (Å²) in [7, 11) is 0. The van der Waals surface area contributed by atoms with E-state index in [0.717, 1.165) is 34.1 Å². The minimum absolute atomic E-state index is 1.12. The van der Waals surface area contributed by atoms with Crippen molar-refractivity contribution in [1.29, 1.82) is 0 Å². The van der Waals surface area contributed by atoms with Gasteiger partial charge in [0.2, 0.25) is 0 Å². The fourth-order valence-corrected chi connectivity index (χ4v) is 20.0. The third-order valence-electron chi connectivity index (χ3n) is 22.8. The average Bonchev–Trinajstić information content (AvgIpc) is 1.48. The Hall–Kier alpha value is -13.7. The largest absolute Gasteiger partial charge is 0.310 e. The summed E-state index contributed by atoms with van der Waals surface area (Å²) in [4.78, 5) is 4.88. The van der Waals surface area contributed by atoms with E-state index in [1.165, 1.54) is 181 Å². The van der Waals surface area contributed by atoms with Crippen LogP contribution in [0.1, 0.15) is 0 Å². The van der Waals surface area contributed by atoms with E-state index in [1.54, 1.807) is 0 Å². The molecule has 110 heavy (non-hydrogen) atoms. The van der Waals surface area contributed by atoms with Gasteiger partial charge in [-0.2, -0.15) is 0 Å². The van der Waals surface area contributed by atoms with Gasteiger partial charge in [-0.3, -0.25) is 0 Å². The van der Waals surface area contributed by atoms with Crippen LogP contribution < -0.4 is 9.80 Å². The second-order valence-electron chi connectivity index (χ2n) is 29.0. The molecular formula is C106H66N2S2. The first kappa shape index (κ1) is 63.5. The molecule has 0 saturated heterocycles. The number of hydrogen-bond acceptors (Lipinski definition) is 4. The van der Waals surface area contributed by atoms with E-state index in [9.17, 15) is 0 Å². The molecule has 0 aliphatic rings. The van der Waals surface area contributed by atoms with Crippen LogP contribution in [0.5, 0.6) is 0 Å². The quantitative estimate of drug-likeness (QED) is 0.133. The maximum atomic E-state index is 2.46. The Balaban J connectivity index is 0.000000136. The van der Waals surface area contributed by atoms with E-state index < -0.39 is 0 Å². The molecule has 0 amide bonds. The summed E-state index contributed by atoms with van der Waals surface area (Å²) < 4.78 is 5.32. The fraction of sp³-hybridized carbons (Fsp3) is 0. The van der Waals surface area contributed by atoms with Gasteiger partial charge in [-0.1, -0.05) is 309 Å². The van der Waals surface area contributed by atoms with Crippen molar-refractivity contribution in [3.8, 4) is 33.4 Å². The normalized spacial score (nSPS) is 11.8. The van der Waals surface area contributed by atoms with E-state index >= 15 is 0 Å². The summed E-state index contributed by atoms with van der Waals surface area (Å²) in [5.41, 5.74) is 14.1. The maximum absolute atomic E-state index is 2.46. The highest BCUT2D eigenvalue weighted by Crippen LogP contribution is 2.49. The highest BCUT2D eigenvalue weighted by atomic mass is 32.1. The minimum Gasteiger partial charge on any atom is -0.310 e. The molecule has 0 radical (unpaired) electrons. The molecule has 0 N–H and O–H groups in total. The minimum atomic E-state index is 1.12. The van der Waals surface area contributed by atoms with Crippen molar-refractivity contribution in [1.82, 2.24) is 0 Å². The molecule has 0 aliphatic heterocycles. The molecule has 0 atom stereocenters. The van der Waals surface area contributed by atoms with Gasteiger partial charge in [0.25, 0.3) is 0 Å². The SMILES string of the molecule is c1ccc2c(c1)cc(-c1ccc(-c3ccc(N(c4ccc5ccc6c7ccccc7sc6c5c4)c4cc5ccccc5c5ccccc45)cc3)cc1)c1ccccc12.c1ccc2c(c1)ccc1cc(N(c3ccc(-c4cc5ccccc5c5ccccc45)cc3)c3ccc4ccc5c6ccccc6sc5c4c3)ccc12. The number of hydrogen-bond donors (Lipinski definition) is 0. The van der Waals surface area contributed by atoms with Gasteiger partial charge in [-0.15, -0.1) is 22.7 Å². The molecule has 0 spiro atoms. The van der Waals surface area contributed by atoms with E-state index in [4.69, 9.17) is 0 Å². The lowest BCUT2D eigenvalue weighted by Gasteiger charge is -2.28. The molecule has 0 fully saturated rings. The van der Waals surface area contributed by atoms with Crippen molar-refractivity contribution in [3.63, 3.8) is 0 Å². The first-order chi connectivity index (χ1) is 54.5. The van der Waals surface area contributed by atoms with Crippen LogP contribution in [-0.4, -0.2) is 0 Å². The maximum Gasteiger partial charge on any atom is 0.0546 e. The Bertz CT molecular complexity index is 7660. The monoisotopic (exact) mass is 1430 g/mol. The predicted molar refractivity (Wildman–Crippen MR) is 479 cm³/mol. The van der Waals surface area contributed by atoms with Crippen LogP contribution in [0.15, 0.2) is 400 Å². The van der Waals surface area contributed by atoms with Gasteiger partial charge in [0.15, 0.2) is 0 Å². The molecule has 2 nitrogen and oxygen atoms in total. The molecule has 0 aliphatic carbocycles. The Kier molecular flexibility index (Phi) is 15.0. The molecule has 0 saturated carbocycles. The van der Waals surface area contributed by atoms with Crippen LogP contribution in [0.2, 0.25) is 0 Å². The van der Waals surface area contributed by atoms with Crippen molar-refractivity contribution >= 4 is 205 Å². The molecule has 2 aromatic heterocycles. The highest BCUT2D eigenvalue weighted by molar-refractivity contribution is 7.27. The fourth-order valence-electron chi connectivity index (χ4n) is 17.5. The molecule has 0 unspecified atom stereocenters. The number of benzene rings is 21. The lowest BCUT2D eigenvalue weighted by molar-refractivity contribution is 1.30. The number of anilines is 6. The number of thiophene rings is 2. The molecule has 512 valence electrons. The third kappa shape index (κ3) is 10.7. The van der Waals surface area contributed by atoms with E-state index in [2.05, 4.69) is 410 Å². The van der Waals surface area contributed by atoms with Crippen molar-refractivity contribution in [2.45, 2.75) is 0 Å². The predicted octanol–water partition coefficient (Wildman–Crippen LogP) is 31.6. The van der Waals surface area contributed by atoms with Gasteiger partial charge in [0.1, 0.15) is 0 Å². The number of fused-ring (bicyclic) bond motifs is 22. The molecule has 21 aromatic carbocycles. The standard InChI is InChI=1S/C56H35NS.C50H31NS/c1-3-13-44-40(11-1)33-52(48-17-6-5-15-46(44)48)38-23-21-36(22-24-38)37-25-29-42(30-26-37)57(54-34-41-12-2-4-14-45(41)47-16-7-8-18-49(47)54)43-31-27-39-28-32-51-50-19-9-10-20-55(50)58-56(51)53(39)35-43;1-3-11-40-32(9-1)17-18-36-29-38(26-28-42(36)40)51(39-25-21-34-22-27-46-45-15-7-8-16-49(45)52-50(46)48(34)31-39)37-23-19-33(20-24-37)47-30-35-10-2-4-12-41(35)43-13-5-6-14-44(43)47/h1-35H;1-31H. The van der Waals surface area contributed by atoms with Gasteiger partial charge >= 0.3 is 0 Å². The summed E-state index contributed by atoms with van der Waals surface area (Å²) in [5.74, 6) is 0. The van der Waals surface area contributed by atoms with Crippen molar-refractivity contribution in [2.75, 3.05) is 9.80 Å². The highest BCUT2D eigenvalue weighted by Gasteiger charge is 2.22. The Labute approximate surface area is 643 Å². The third-order valence-corrected chi connectivity index (χ3v) is 25.2. The van der Waals surface area contributed by atoms with Crippen LogP contribution in [-0.2, 0) is 0 Å². The zero-order chi connectivity index (χ0) is 72.3. The smallest absolute Gasteiger partial charge is 0.0546 e. The number of nitrogens with zero attached hydrogens (tertiary/aromatic N) is 2. The van der Waals surface area contributed by atoms with E-state index in [-0.39, 0.29) is 0 Å². The second-order valence-corrected chi connectivity index (χ2v) is 31.1. The summed E-state index contributed by atoms with van der Waals surface area (Å²) in [6.45, 7) is 0. The van der Waals surface area contributed by atoms with Crippen LogP contribution >= 0.6 is 22.7 Å². The lowest BCUT2D eigenvalue weighted by atomic mass is 9.92. The van der Waals surface area contributed by atoms with Crippen LogP contribution in [0, 0.1) is 0 Å². The first-order valence-electron chi connectivity index (χ1n) is 37.7. The molecule has 23 rings (SSSR count). The molecule has 0 bridgehead atoms. The summed E-state index contributed by atoms with van der Waals surface area (Å²) in [6.07, 6.45) is 0. The molecule has 4 heteroatoms.